The summed E-state index contributed by atoms with van der Waals surface area (Å²) in [5.74, 6) is 0. The Hall–Kier alpha value is -4.41. The van der Waals surface area contributed by atoms with Crippen LogP contribution < -0.4 is 10.3 Å². The normalized spacial score (nSPS) is 14.3. The van der Waals surface area contributed by atoms with Crippen molar-refractivity contribution >= 4 is 70.5 Å². The molecule has 0 aliphatic carbocycles. The zero-order valence-corrected chi connectivity index (χ0v) is 21.8. The van der Waals surface area contributed by atoms with E-state index in [1.54, 1.807) is 11.3 Å². The highest BCUT2D eigenvalue weighted by Gasteiger charge is 2.37. The van der Waals surface area contributed by atoms with E-state index < -0.39 is 0 Å². The van der Waals surface area contributed by atoms with Crippen LogP contribution in [-0.4, -0.2) is 0 Å². The predicted molar refractivity (Wildman–Crippen MR) is 160 cm³/mol. The summed E-state index contributed by atoms with van der Waals surface area (Å²) in [6.07, 6.45) is 0. The summed E-state index contributed by atoms with van der Waals surface area (Å²) in [4.78, 5) is 15.8. The summed E-state index contributed by atoms with van der Waals surface area (Å²) in [5, 5.41) is 3.47. The standard InChI is InChI=1S/C34H23NO2S/c1-34(2)24-12-4-6-14-26(24)35(27-15-7-5-13-25(27)34)28-16-9-11-20-22-18-23-30(19-31(22)38-33(20)28)37-29-17-8-3-10-21(29)32(23)36/h3-19H,1-2H3. The summed E-state index contributed by atoms with van der Waals surface area (Å²) in [7, 11) is 0. The minimum Gasteiger partial charge on any atom is -0.456 e. The number of anilines is 3. The van der Waals surface area contributed by atoms with Crippen molar-refractivity contribution in [2.75, 3.05) is 4.90 Å². The van der Waals surface area contributed by atoms with Crippen LogP contribution in [0.5, 0.6) is 0 Å². The van der Waals surface area contributed by atoms with Crippen LogP contribution in [0.25, 0.3) is 42.1 Å². The van der Waals surface area contributed by atoms with Crippen LogP contribution in [0.1, 0.15) is 25.0 Å². The van der Waals surface area contributed by atoms with Crippen molar-refractivity contribution in [2.45, 2.75) is 19.3 Å². The van der Waals surface area contributed by atoms with Gasteiger partial charge in [0.25, 0.3) is 0 Å². The second-order valence-corrected chi connectivity index (χ2v) is 11.6. The van der Waals surface area contributed by atoms with Crippen LogP contribution in [0.2, 0.25) is 0 Å². The van der Waals surface area contributed by atoms with Gasteiger partial charge in [-0.1, -0.05) is 74.5 Å². The monoisotopic (exact) mass is 509 g/mol. The molecular weight excluding hydrogens is 486 g/mol. The second kappa shape index (κ2) is 7.56. The fourth-order valence-electron chi connectivity index (χ4n) is 6.18. The first-order chi connectivity index (χ1) is 18.5. The van der Waals surface area contributed by atoms with Crippen molar-refractivity contribution in [1.29, 1.82) is 0 Å². The van der Waals surface area contributed by atoms with Gasteiger partial charge in [-0.05, 0) is 53.6 Å². The van der Waals surface area contributed by atoms with Crippen LogP contribution in [0.3, 0.4) is 0 Å². The summed E-state index contributed by atoms with van der Waals surface area (Å²) >= 11 is 1.75. The molecule has 182 valence electrons. The van der Waals surface area contributed by atoms with Crippen molar-refractivity contribution < 1.29 is 4.42 Å². The molecule has 4 heteroatoms. The number of hydrogen-bond donors (Lipinski definition) is 0. The third-order valence-corrected chi connectivity index (χ3v) is 9.24. The molecule has 0 saturated heterocycles. The second-order valence-electron chi connectivity index (χ2n) is 10.5. The van der Waals surface area contributed by atoms with E-state index in [2.05, 4.69) is 85.5 Å². The lowest BCUT2D eigenvalue weighted by molar-refractivity contribution is 0.632. The van der Waals surface area contributed by atoms with Crippen molar-refractivity contribution in [2.24, 2.45) is 0 Å². The molecule has 0 unspecified atom stereocenters. The molecule has 3 nitrogen and oxygen atoms in total. The average Bonchev–Trinajstić information content (AvgIpc) is 3.31. The van der Waals surface area contributed by atoms with E-state index in [1.165, 1.54) is 27.2 Å². The fourth-order valence-corrected chi connectivity index (χ4v) is 7.40. The van der Waals surface area contributed by atoms with Gasteiger partial charge in [0.1, 0.15) is 11.2 Å². The van der Waals surface area contributed by atoms with Gasteiger partial charge in [-0.25, -0.2) is 0 Å². The van der Waals surface area contributed by atoms with Gasteiger partial charge in [0.2, 0.25) is 5.43 Å². The number of hydrogen-bond acceptors (Lipinski definition) is 4. The van der Waals surface area contributed by atoms with Crippen molar-refractivity contribution in [1.82, 2.24) is 0 Å². The van der Waals surface area contributed by atoms with Gasteiger partial charge >= 0.3 is 0 Å². The van der Waals surface area contributed by atoms with E-state index in [-0.39, 0.29) is 10.8 Å². The molecule has 1 aliphatic heterocycles. The third-order valence-electron chi connectivity index (χ3n) is 8.05. The Bertz CT molecular complexity index is 2100. The first-order valence-electron chi connectivity index (χ1n) is 12.8. The molecule has 1 aliphatic rings. The lowest BCUT2D eigenvalue weighted by atomic mass is 9.73. The highest BCUT2D eigenvalue weighted by Crippen LogP contribution is 2.54. The van der Waals surface area contributed by atoms with E-state index in [9.17, 15) is 4.79 Å². The third kappa shape index (κ3) is 2.81. The van der Waals surface area contributed by atoms with Gasteiger partial charge < -0.3 is 9.32 Å². The molecule has 5 aromatic carbocycles. The van der Waals surface area contributed by atoms with Gasteiger partial charge in [-0.3, -0.25) is 4.79 Å². The predicted octanol–water partition coefficient (Wildman–Crippen LogP) is 9.42. The molecule has 2 aromatic heterocycles. The highest BCUT2D eigenvalue weighted by molar-refractivity contribution is 7.26. The van der Waals surface area contributed by atoms with Crippen molar-refractivity contribution in [3.63, 3.8) is 0 Å². The molecule has 0 spiro atoms. The van der Waals surface area contributed by atoms with Gasteiger partial charge in [-0.15, -0.1) is 11.3 Å². The van der Waals surface area contributed by atoms with Crippen LogP contribution in [0.15, 0.2) is 112 Å². The van der Waals surface area contributed by atoms with Crippen LogP contribution in [0, 0.1) is 0 Å². The maximum Gasteiger partial charge on any atom is 0.200 e. The molecule has 8 rings (SSSR count). The lowest BCUT2D eigenvalue weighted by Gasteiger charge is -2.42. The molecule has 0 saturated carbocycles. The molecule has 0 radical (unpaired) electrons. The zero-order chi connectivity index (χ0) is 25.6. The quantitative estimate of drug-likeness (QED) is 0.207. The fraction of sp³-hybridized carbons (Fsp3) is 0.0882. The first-order valence-corrected chi connectivity index (χ1v) is 13.6. The van der Waals surface area contributed by atoms with Crippen molar-refractivity contribution in [3.8, 4) is 0 Å². The summed E-state index contributed by atoms with van der Waals surface area (Å²) < 4.78 is 8.49. The Morgan fingerprint density at radius 2 is 1.26 bits per heavy atom. The molecule has 0 atom stereocenters. The largest absolute Gasteiger partial charge is 0.456 e. The van der Waals surface area contributed by atoms with Crippen molar-refractivity contribution in [3.05, 3.63) is 124 Å². The van der Waals surface area contributed by atoms with Crippen LogP contribution in [0.4, 0.5) is 17.1 Å². The van der Waals surface area contributed by atoms with Crippen LogP contribution in [-0.2, 0) is 5.41 Å². The number of benzene rings is 5. The molecule has 0 N–H and O–H groups in total. The number of nitrogens with zero attached hydrogens (tertiary/aromatic N) is 1. The maximum absolute atomic E-state index is 13.4. The van der Waals surface area contributed by atoms with Gasteiger partial charge in [0.05, 0.1) is 32.5 Å². The number of thiophene rings is 1. The van der Waals surface area contributed by atoms with E-state index in [1.807, 2.05) is 36.4 Å². The van der Waals surface area contributed by atoms with Crippen LogP contribution >= 0.6 is 11.3 Å². The molecular formula is C34H23NO2S. The Kier molecular flexibility index (Phi) is 4.31. The maximum atomic E-state index is 13.4. The Labute approximate surface area is 223 Å². The molecule has 7 aromatic rings. The summed E-state index contributed by atoms with van der Waals surface area (Å²) in [5.41, 5.74) is 7.33. The molecule has 0 bridgehead atoms. The van der Waals surface area contributed by atoms with E-state index in [4.69, 9.17) is 4.42 Å². The molecule has 3 heterocycles. The first kappa shape index (κ1) is 21.7. The Morgan fingerprint density at radius 3 is 2.03 bits per heavy atom. The number of para-hydroxylation sites is 3. The summed E-state index contributed by atoms with van der Waals surface area (Å²) in [6.45, 7) is 4.61. The minimum absolute atomic E-state index is 0.0142. The summed E-state index contributed by atoms with van der Waals surface area (Å²) in [6, 6.07) is 35.5. The highest BCUT2D eigenvalue weighted by atomic mass is 32.1. The number of rotatable bonds is 1. The Balaban J connectivity index is 1.45. The number of fused-ring (bicyclic) bond motifs is 7. The van der Waals surface area contributed by atoms with Gasteiger partial charge in [0.15, 0.2) is 0 Å². The topological polar surface area (TPSA) is 33.5 Å². The molecule has 0 amide bonds. The average molecular weight is 510 g/mol. The Morgan fingerprint density at radius 1 is 0.632 bits per heavy atom. The lowest BCUT2D eigenvalue weighted by Crippen LogP contribution is -2.30. The SMILES string of the molecule is CC1(C)c2ccccc2N(c2cccc3c2sc2cc4oc5ccccc5c(=O)c4cc23)c2ccccc21. The smallest absolute Gasteiger partial charge is 0.200 e. The van der Waals surface area contributed by atoms with E-state index >= 15 is 0 Å². The zero-order valence-electron chi connectivity index (χ0n) is 21.0. The molecule has 0 fully saturated rings. The van der Waals surface area contributed by atoms with Gasteiger partial charge in [0, 0.05) is 20.9 Å². The molecule has 38 heavy (non-hydrogen) atoms. The van der Waals surface area contributed by atoms with Gasteiger partial charge in [-0.2, -0.15) is 0 Å². The van der Waals surface area contributed by atoms with E-state index in [0.29, 0.717) is 21.9 Å². The van der Waals surface area contributed by atoms with E-state index in [0.717, 1.165) is 21.2 Å². The minimum atomic E-state index is -0.108.